The molecule has 1 N–H and O–H groups in total. The highest BCUT2D eigenvalue weighted by molar-refractivity contribution is 7.27. The zero-order valence-corrected chi connectivity index (χ0v) is 12.3. The van der Waals surface area contributed by atoms with E-state index in [0.717, 1.165) is 25.7 Å². The third-order valence-corrected chi connectivity index (χ3v) is 4.89. The third kappa shape index (κ3) is 2.85. The van der Waals surface area contributed by atoms with Crippen molar-refractivity contribution in [2.45, 2.75) is 43.5 Å². The maximum absolute atomic E-state index is 10.8. The second kappa shape index (κ2) is 5.14. The smallest absolute Gasteiger partial charge is 0.168 e. The van der Waals surface area contributed by atoms with Crippen LogP contribution in [0.15, 0.2) is 24.3 Å². The molecule has 0 radical (unpaired) electrons. The number of ether oxygens (including phenoxy) is 2. The second-order valence-corrected chi connectivity index (χ2v) is 6.33. The fraction of sp³-hybridized carbons (Fsp3) is 0.600. The van der Waals surface area contributed by atoms with Gasteiger partial charge >= 0.3 is 0 Å². The molecule has 19 heavy (non-hydrogen) atoms. The first-order chi connectivity index (χ1) is 9.11. The monoisotopic (exact) mass is 280 g/mol. The van der Waals surface area contributed by atoms with Crippen LogP contribution in [0.1, 0.15) is 31.2 Å². The molecule has 1 spiro atoms. The van der Waals surface area contributed by atoms with Gasteiger partial charge in [-0.3, -0.25) is 0 Å². The summed E-state index contributed by atoms with van der Waals surface area (Å²) < 4.78 is 11.4. The lowest BCUT2D eigenvalue weighted by Gasteiger charge is -2.40. The van der Waals surface area contributed by atoms with E-state index in [1.165, 1.54) is 10.9 Å². The Bertz CT molecular complexity index is 444. The van der Waals surface area contributed by atoms with Crippen LogP contribution >= 0.6 is 9.24 Å². The molecule has 1 heterocycles. The Morgan fingerprint density at radius 2 is 1.68 bits per heavy atom. The van der Waals surface area contributed by atoms with Crippen LogP contribution in [0, 0.1) is 0 Å². The summed E-state index contributed by atoms with van der Waals surface area (Å²) in [5.74, 6) is -0.396. The van der Waals surface area contributed by atoms with E-state index in [1.54, 1.807) is 0 Å². The van der Waals surface area contributed by atoms with Crippen molar-refractivity contribution in [1.82, 2.24) is 0 Å². The molecule has 0 amide bonds. The Hall–Kier alpha value is -0.470. The van der Waals surface area contributed by atoms with Gasteiger partial charge in [0.25, 0.3) is 0 Å². The molecule has 2 aliphatic rings. The Kier molecular flexibility index (Phi) is 3.65. The van der Waals surface area contributed by atoms with Gasteiger partial charge in [-0.2, -0.15) is 0 Å². The van der Waals surface area contributed by atoms with Gasteiger partial charge in [0.05, 0.1) is 18.8 Å². The minimum Gasteiger partial charge on any atom is -0.390 e. The summed E-state index contributed by atoms with van der Waals surface area (Å²) in [6.07, 6.45) is 3.78. The minimum absolute atomic E-state index is 0.396. The summed E-state index contributed by atoms with van der Waals surface area (Å²) in [6, 6.07) is 8.20. The van der Waals surface area contributed by atoms with E-state index in [0.29, 0.717) is 19.6 Å². The van der Waals surface area contributed by atoms with Crippen LogP contribution in [0.2, 0.25) is 0 Å². The van der Waals surface area contributed by atoms with E-state index >= 15 is 0 Å². The summed E-state index contributed by atoms with van der Waals surface area (Å²) in [4.78, 5) is 0. The highest BCUT2D eigenvalue weighted by atomic mass is 31.0. The van der Waals surface area contributed by atoms with E-state index in [4.69, 9.17) is 9.47 Å². The highest BCUT2D eigenvalue weighted by Gasteiger charge is 2.45. The normalized spacial score (nSPS) is 24.7. The average Bonchev–Trinajstić information content (AvgIpc) is 2.86. The molecule has 3 nitrogen and oxygen atoms in total. The predicted octanol–water partition coefficient (Wildman–Crippen LogP) is 1.78. The first-order valence-corrected chi connectivity index (χ1v) is 7.52. The number of hydrogen-bond acceptors (Lipinski definition) is 3. The van der Waals surface area contributed by atoms with E-state index < -0.39 is 11.4 Å². The second-order valence-electron chi connectivity index (χ2n) is 5.71. The van der Waals surface area contributed by atoms with Crippen LogP contribution in [-0.4, -0.2) is 29.7 Å². The molecule has 0 bridgehead atoms. The zero-order chi connectivity index (χ0) is 13.3. The van der Waals surface area contributed by atoms with E-state index in [2.05, 4.69) is 21.4 Å². The maximum Gasteiger partial charge on any atom is 0.168 e. The lowest BCUT2D eigenvalue weighted by molar-refractivity contribution is -0.202. The Balaban J connectivity index is 1.67. The number of hydrogen-bond donors (Lipinski definition) is 1. The molecule has 1 saturated carbocycles. The lowest BCUT2D eigenvalue weighted by atomic mass is 9.78. The van der Waals surface area contributed by atoms with E-state index in [9.17, 15) is 5.11 Å². The highest BCUT2D eigenvalue weighted by Crippen LogP contribution is 2.41. The van der Waals surface area contributed by atoms with E-state index in [1.807, 2.05) is 12.1 Å². The largest absolute Gasteiger partial charge is 0.390 e. The molecule has 1 atom stereocenters. The van der Waals surface area contributed by atoms with Crippen molar-refractivity contribution >= 4 is 14.5 Å². The molecule has 1 unspecified atom stereocenters. The predicted molar refractivity (Wildman–Crippen MR) is 77.5 cm³/mol. The van der Waals surface area contributed by atoms with Gasteiger partial charge in [0.1, 0.15) is 0 Å². The third-order valence-electron chi connectivity index (χ3n) is 4.33. The fourth-order valence-electron chi connectivity index (χ4n) is 3.11. The average molecular weight is 280 g/mol. The molecule has 0 aromatic heterocycles. The molecule has 4 heteroatoms. The van der Waals surface area contributed by atoms with Gasteiger partial charge in [-0.15, -0.1) is 9.24 Å². The molecule has 1 aliphatic heterocycles. The van der Waals surface area contributed by atoms with Crippen molar-refractivity contribution in [2.75, 3.05) is 13.2 Å². The number of aliphatic hydroxyl groups is 1. The molecule has 1 saturated heterocycles. The standard InChI is InChI=1S/C15H21O3P/c16-14(11-12-3-1-2-4-13(12)19)5-7-15(8-6-14)17-9-10-18-15/h1-4,16H,5-11,19H2. The summed E-state index contributed by atoms with van der Waals surface area (Å²) >= 11 is 0. The Morgan fingerprint density at radius 3 is 2.32 bits per heavy atom. The first-order valence-electron chi connectivity index (χ1n) is 6.95. The minimum atomic E-state index is -0.618. The van der Waals surface area contributed by atoms with Gasteiger partial charge in [0, 0.05) is 19.3 Å². The van der Waals surface area contributed by atoms with Crippen LogP contribution in [-0.2, 0) is 15.9 Å². The summed E-state index contributed by atoms with van der Waals surface area (Å²) in [5.41, 5.74) is 0.590. The van der Waals surface area contributed by atoms with Crippen LogP contribution in [0.5, 0.6) is 0 Å². The fourth-order valence-corrected chi connectivity index (χ4v) is 3.42. The van der Waals surface area contributed by atoms with Crippen LogP contribution < -0.4 is 5.30 Å². The van der Waals surface area contributed by atoms with Gasteiger partial charge in [-0.25, -0.2) is 0 Å². The van der Waals surface area contributed by atoms with Gasteiger partial charge < -0.3 is 14.6 Å². The molecular weight excluding hydrogens is 259 g/mol. The van der Waals surface area contributed by atoms with Crippen molar-refractivity contribution < 1.29 is 14.6 Å². The van der Waals surface area contributed by atoms with Crippen LogP contribution in [0.3, 0.4) is 0 Å². The van der Waals surface area contributed by atoms with Crippen molar-refractivity contribution in [3.8, 4) is 0 Å². The zero-order valence-electron chi connectivity index (χ0n) is 11.1. The van der Waals surface area contributed by atoms with Gasteiger partial charge in [0.15, 0.2) is 5.79 Å². The molecular formula is C15H21O3P. The molecule has 2 fully saturated rings. The van der Waals surface area contributed by atoms with Crippen LogP contribution in [0.25, 0.3) is 0 Å². The molecule has 104 valence electrons. The van der Waals surface area contributed by atoms with Crippen LogP contribution in [0.4, 0.5) is 0 Å². The number of benzene rings is 1. The summed E-state index contributed by atoms with van der Waals surface area (Å²) in [5, 5.41) is 11.9. The molecule has 1 aromatic rings. The van der Waals surface area contributed by atoms with Gasteiger partial charge in [-0.05, 0) is 23.7 Å². The van der Waals surface area contributed by atoms with Crippen molar-refractivity contribution in [1.29, 1.82) is 0 Å². The van der Waals surface area contributed by atoms with Gasteiger partial charge in [0.2, 0.25) is 0 Å². The van der Waals surface area contributed by atoms with Crippen molar-refractivity contribution in [2.24, 2.45) is 0 Å². The summed E-state index contributed by atoms with van der Waals surface area (Å²) in [6.45, 7) is 1.37. The van der Waals surface area contributed by atoms with Gasteiger partial charge in [-0.1, -0.05) is 24.3 Å². The molecule has 1 aromatic carbocycles. The molecule has 3 rings (SSSR count). The summed E-state index contributed by atoms with van der Waals surface area (Å²) in [7, 11) is 2.74. The topological polar surface area (TPSA) is 38.7 Å². The quantitative estimate of drug-likeness (QED) is 0.839. The lowest BCUT2D eigenvalue weighted by Crippen LogP contribution is -2.45. The maximum atomic E-state index is 10.8. The molecule has 1 aliphatic carbocycles. The van der Waals surface area contributed by atoms with Crippen molar-refractivity contribution in [3.63, 3.8) is 0 Å². The first kappa shape index (κ1) is 13.5. The SMILES string of the molecule is OC1(Cc2ccccc2P)CCC2(CC1)OCCO2. The Labute approximate surface area is 116 Å². The van der Waals surface area contributed by atoms with Crippen molar-refractivity contribution in [3.05, 3.63) is 29.8 Å². The van der Waals surface area contributed by atoms with E-state index in [-0.39, 0.29) is 0 Å². The Morgan fingerprint density at radius 1 is 1.05 bits per heavy atom. The number of rotatable bonds is 2.